The van der Waals surface area contributed by atoms with Crippen molar-refractivity contribution in [3.63, 3.8) is 0 Å². The Hall–Kier alpha value is -1.18. The van der Waals surface area contributed by atoms with Gasteiger partial charge in [-0.05, 0) is 38.8 Å². The zero-order valence-electron chi connectivity index (χ0n) is 11.2. The zero-order chi connectivity index (χ0) is 14.0. The Bertz CT molecular complexity index is 536. The maximum atomic E-state index is 12.8. The molecule has 1 aliphatic heterocycles. The number of hydrogen-bond acceptors (Lipinski definition) is 5. The van der Waals surface area contributed by atoms with Gasteiger partial charge in [0, 0.05) is 18.3 Å². The third kappa shape index (κ3) is 2.58. The molecule has 1 aromatic rings. The van der Waals surface area contributed by atoms with Crippen LogP contribution in [0.1, 0.15) is 33.1 Å². The minimum Gasteiger partial charge on any atom is -0.307 e. The fourth-order valence-corrected chi connectivity index (χ4v) is 4.68. The fraction of sp³-hybridized carbons (Fsp3) is 0.583. The normalized spacial score (nSPS) is 25.2. The molecule has 0 aromatic carbocycles. The molecular weight excluding hydrogens is 264 g/mol. The van der Waals surface area contributed by atoms with Crippen LogP contribution < -0.4 is 11.3 Å². The molecule has 1 saturated heterocycles. The maximum absolute atomic E-state index is 12.8. The number of pyridine rings is 1. The average Bonchev–Trinajstić information content (AvgIpc) is 2.38. The van der Waals surface area contributed by atoms with Crippen molar-refractivity contribution in [3.05, 3.63) is 18.3 Å². The molecule has 0 unspecified atom stereocenters. The lowest BCUT2D eigenvalue weighted by molar-refractivity contribution is 0.204. The van der Waals surface area contributed by atoms with Crippen LogP contribution in [0.15, 0.2) is 23.2 Å². The number of sulfonamides is 1. The summed E-state index contributed by atoms with van der Waals surface area (Å²) in [4.78, 5) is 4.10. The topological polar surface area (TPSA) is 88.3 Å². The standard InChI is InChI=1S/C12H20N4O2S/c1-9-5-3-6-10(2)16(9)19(17,18)11-7-4-8-14-12(11)15-13/h4,7-10H,3,5-6,13H2,1-2H3,(H,14,15)/t9-,10+. The predicted octanol–water partition coefficient (Wildman–Crippen LogP) is 1.32. The molecule has 0 amide bonds. The number of nitrogens with one attached hydrogen (secondary N) is 1. The predicted molar refractivity (Wildman–Crippen MR) is 73.8 cm³/mol. The summed E-state index contributed by atoms with van der Waals surface area (Å²) in [6.07, 6.45) is 4.34. The number of hydrogen-bond donors (Lipinski definition) is 2. The van der Waals surface area contributed by atoms with E-state index in [1.54, 1.807) is 10.4 Å². The summed E-state index contributed by atoms with van der Waals surface area (Å²) in [6, 6.07) is 3.14. The summed E-state index contributed by atoms with van der Waals surface area (Å²) in [5.41, 5.74) is 2.35. The number of nitrogens with two attached hydrogens (primary N) is 1. The van der Waals surface area contributed by atoms with Gasteiger partial charge in [0.05, 0.1) is 0 Å². The van der Waals surface area contributed by atoms with Crippen molar-refractivity contribution in [1.29, 1.82) is 0 Å². The Morgan fingerprint density at radius 3 is 2.58 bits per heavy atom. The van der Waals surface area contributed by atoms with Gasteiger partial charge < -0.3 is 5.43 Å². The van der Waals surface area contributed by atoms with Gasteiger partial charge in [-0.3, -0.25) is 0 Å². The van der Waals surface area contributed by atoms with E-state index < -0.39 is 10.0 Å². The van der Waals surface area contributed by atoms with Crippen molar-refractivity contribution < 1.29 is 8.42 Å². The molecule has 1 aliphatic rings. The third-order valence-corrected chi connectivity index (χ3v) is 5.74. The van der Waals surface area contributed by atoms with E-state index in [1.807, 2.05) is 13.8 Å². The smallest absolute Gasteiger partial charge is 0.247 e. The fourth-order valence-electron chi connectivity index (χ4n) is 2.69. The van der Waals surface area contributed by atoms with Gasteiger partial charge in [-0.25, -0.2) is 19.2 Å². The highest BCUT2D eigenvalue weighted by molar-refractivity contribution is 7.89. The first-order valence-electron chi connectivity index (χ1n) is 6.43. The highest BCUT2D eigenvalue weighted by Crippen LogP contribution is 2.31. The van der Waals surface area contributed by atoms with Crippen LogP contribution in [0.25, 0.3) is 0 Å². The lowest BCUT2D eigenvalue weighted by atomic mass is 10.0. The van der Waals surface area contributed by atoms with E-state index in [9.17, 15) is 8.42 Å². The van der Waals surface area contributed by atoms with E-state index in [2.05, 4.69) is 10.4 Å². The molecule has 2 heterocycles. The molecule has 0 spiro atoms. The van der Waals surface area contributed by atoms with Crippen molar-refractivity contribution >= 4 is 15.8 Å². The molecule has 1 aromatic heterocycles. The summed E-state index contributed by atoms with van der Waals surface area (Å²) < 4.78 is 27.1. The summed E-state index contributed by atoms with van der Waals surface area (Å²) in [5, 5.41) is 0. The number of nitrogens with zero attached hydrogens (tertiary/aromatic N) is 2. The highest BCUT2D eigenvalue weighted by Gasteiger charge is 2.37. The van der Waals surface area contributed by atoms with Crippen molar-refractivity contribution in [2.24, 2.45) is 5.84 Å². The van der Waals surface area contributed by atoms with Gasteiger partial charge in [-0.15, -0.1) is 0 Å². The first-order chi connectivity index (χ1) is 8.98. The number of piperidine rings is 1. The Balaban J connectivity index is 2.46. The second kappa shape index (κ2) is 5.44. The van der Waals surface area contributed by atoms with Gasteiger partial charge in [-0.1, -0.05) is 6.42 Å². The molecule has 6 nitrogen and oxygen atoms in total. The molecule has 2 atom stereocenters. The summed E-state index contributed by atoms with van der Waals surface area (Å²) in [5.74, 6) is 5.54. The van der Waals surface area contributed by atoms with Crippen LogP contribution in [0.4, 0.5) is 5.82 Å². The van der Waals surface area contributed by atoms with Crippen molar-refractivity contribution in [2.75, 3.05) is 5.43 Å². The average molecular weight is 284 g/mol. The van der Waals surface area contributed by atoms with Gasteiger partial charge in [-0.2, -0.15) is 4.31 Å². The highest BCUT2D eigenvalue weighted by atomic mass is 32.2. The quantitative estimate of drug-likeness (QED) is 0.645. The molecule has 106 valence electrons. The van der Waals surface area contributed by atoms with Gasteiger partial charge in [0.15, 0.2) is 5.82 Å². The molecule has 0 bridgehead atoms. The lowest BCUT2D eigenvalue weighted by Crippen LogP contribution is -2.47. The molecule has 7 heteroatoms. The van der Waals surface area contributed by atoms with Crippen molar-refractivity contribution in [1.82, 2.24) is 9.29 Å². The van der Waals surface area contributed by atoms with Crippen LogP contribution in [0.2, 0.25) is 0 Å². The number of aromatic nitrogens is 1. The minimum absolute atomic E-state index is 0.000388. The number of rotatable bonds is 3. The number of hydrazine groups is 1. The Labute approximate surface area is 114 Å². The first-order valence-corrected chi connectivity index (χ1v) is 7.87. The molecule has 0 radical (unpaired) electrons. The van der Waals surface area contributed by atoms with Crippen molar-refractivity contribution in [3.8, 4) is 0 Å². The Kier molecular flexibility index (Phi) is 4.07. The van der Waals surface area contributed by atoms with Crippen LogP contribution in [0.3, 0.4) is 0 Å². The summed E-state index contributed by atoms with van der Waals surface area (Å²) in [6.45, 7) is 3.89. The number of nitrogen functional groups attached to an aromatic ring is 1. The molecule has 2 rings (SSSR count). The maximum Gasteiger partial charge on any atom is 0.247 e. The summed E-state index contributed by atoms with van der Waals surface area (Å²) in [7, 11) is -3.57. The second-order valence-corrected chi connectivity index (χ2v) is 6.77. The van der Waals surface area contributed by atoms with Gasteiger partial charge in [0.1, 0.15) is 4.90 Å². The molecule has 3 N–H and O–H groups in total. The van der Waals surface area contributed by atoms with Crippen LogP contribution in [-0.2, 0) is 10.0 Å². The van der Waals surface area contributed by atoms with E-state index in [-0.39, 0.29) is 22.8 Å². The van der Waals surface area contributed by atoms with E-state index >= 15 is 0 Å². The second-order valence-electron chi connectivity index (χ2n) is 4.96. The van der Waals surface area contributed by atoms with Crippen molar-refractivity contribution in [2.45, 2.75) is 50.1 Å². The zero-order valence-corrected chi connectivity index (χ0v) is 12.0. The Morgan fingerprint density at radius 2 is 2.00 bits per heavy atom. The van der Waals surface area contributed by atoms with Crippen LogP contribution in [0, 0.1) is 0 Å². The Morgan fingerprint density at radius 1 is 1.37 bits per heavy atom. The molecule has 19 heavy (non-hydrogen) atoms. The van der Waals surface area contributed by atoms with Crippen LogP contribution in [0.5, 0.6) is 0 Å². The molecule has 0 saturated carbocycles. The monoisotopic (exact) mass is 284 g/mol. The lowest BCUT2D eigenvalue weighted by Gasteiger charge is -2.37. The largest absolute Gasteiger partial charge is 0.307 e. The van der Waals surface area contributed by atoms with E-state index in [1.165, 1.54) is 12.3 Å². The van der Waals surface area contributed by atoms with Gasteiger partial charge >= 0.3 is 0 Å². The molecule has 1 fully saturated rings. The van der Waals surface area contributed by atoms with Crippen LogP contribution in [-0.4, -0.2) is 29.8 Å². The SMILES string of the molecule is C[C@@H]1CCC[C@H](C)N1S(=O)(=O)c1cccnc1NN. The molecule has 0 aliphatic carbocycles. The third-order valence-electron chi connectivity index (χ3n) is 3.58. The van der Waals surface area contributed by atoms with E-state index in [4.69, 9.17) is 5.84 Å². The summed E-state index contributed by atoms with van der Waals surface area (Å²) >= 11 is 0. The number of anilines is 1. The van der Waals surface area contributed by atoms with Gasteiger partial charge in [0.2, 0.25) is 10.0 Å². The molecular formula is C12H20N4O2S. The van der Waals surface area contributed by atoms with Crippen LogP contribution >= 0.6 is 0 Å². The van der Waals surface area contributed by atoms with E-state index in [0.29, 0.717) is 0 Å². The minimum atomic E-state index is -3.57. The van der Waals surface area contributed by atoms with E-state index in [0.717, 1.165) is 19.3 Å². The van der Waals surface area contributed by atoms with Gasteiger partial charge in [0.25, 0.3) is 0 Å². The first kappa shape index (κ1) is 14.2.